The maximum Gasteiger partial charge on any atom is 0.230 e. The number of carbonyl (C=O) groups excluding carboxylic acids is 1. The molecular weight excluding hydrogens is 349 g/mol. The first-order valence-electron chi connectivity index (χ1n) is 7.93. The molecule has 5 nitrogen and oxygen atoms in total. The average Bonchev–Trinajstić information content (AvgIpc) is 3.25. The Balaban J connectivity index is 1.58. The Morgan fingerprint density at radius 1 is 1.29 bits per heavy atom. The smallest absolute Gasteiger partial charge is 0.230 e. The van der Waals surface area contributed by atoms with Gasteiger partial charge >= 0.3 is 0 Å². The van der Waals surface area contributed by atoms with Gasteiger partial charge in [-0.3, -0.25) is 9.48 Å². The molecule has 7 heteroatoms. The van der Waals surface area contributed by atoms with Gasteiger partial charge < -0.3 is 10.1 Å². The van der Waals surface area contributed by atoms with E-state index >= 15 is 0 Å². The molecule has 2 aliphatic rings. The monoisotopic (exact) mass is 365 g/mol. The minimum atomic E-state index is -0.220. The lowest BCUT2D eigenvalue weighted by Gasteiger charge is -2.26. The number of hydrogen-bond acceptors (Lipinski definition) is 3. The lowest BCUT2D eigenvalue weighted by molar-refractivity contribution is -0.121. The number of rotatable bonds is 3. The predicted molar refractivity (Wildman–Crippen MR) is 92.4 cm³/mol. The molecule has 2 bridgehead atoms. The second-order valence-corrected chi connectivity index (χ2v) is 7.22. The number of amides is 1. The van der Waals surface area contributed by atoms with Crippen LogP contribution in [0, 0.1) is 5.92 Å². The zero-order valence-corrected chi connectivity index (χ0v) is 14.6. The van der Waals surface area contributed by atoms with Crippen LogP contribution < -0.4 is 5.32 Å². The Hall–Kier alpha value is -1.56. The number of ether oxygens (including phenoxy) is 1. The molecule has 1 aromatic carbocycles. The fourth-order valence-electron chi connectivity index (χ4n) is 3.85. The van der Waals surface area contributed by atoms with Crippen LogP contribution in [0.4, 0.5) is 5.69 Å². The van der Waals surface area contributed by atoms with Crippen LogP contribution in [0.25, 0.3) is 0 Å². The fourth-order valence-corrected chi connectivity index (χ4v) is 4.14. The van der Waals surface area contributed by atoms with E-state index < -0.39 is 0 Å². The molecule has 1 aromatic heterocycles. The molecule has 2 saturated heterocycles. The highest BCUT2D eigenvalue weighted by Crippen LogP contribution is 2.49. The normalized spacial score (nSPS) is 28.3. The second kappa shape index (κ2) is 6.06. The van der Waals surface area contributed by atoms with Gasteiger partial charge in [-0.2, -0.15) is 5.10 Å². The Kier molecular flexibility index (Phi) is 4.03. The third-order valence-corrected chi connectivity index (χ3v) is 5.61. The molecule has 24 heavy (non-hydrogen) atoms. The quantitative estimate of drug-likeness (QED) is 0.903. The number of aromatic nitrogens is 2. The van der Waals surface area contributed by atoms with E-state index in [9.17, 15) is 4.79 Å². The molecule has 1 N–H and O–H groups in total. The summed E-state index contributed by atoms with van der Waals surface area (Å²) in [6.07, 6.45) is 5.75. The van der Waals surface area contributed by atoms with Crippen LogP contribution in [0.5, 0.6) is 0 Å². The number of benzene rings is 1. The molecule has 0 radical (unpaired) electrons. The number of halogens is 2. The van der Waals surface area contributed by atoms with Crippen molar-refractivity contribution in [1.29, 1.82) is 0 Å². The van der Waals surface area contributed by atoms with Crippen LogP contribution in [-0.4, -0.2) is 27.9 Å². The van der Waals surface area contributed by atoms with E-state index in [1.165, 1.54) is 0 Å². The van der Waals surface area contributed by atoms with Crippen molar-refractivity contribution in [1.82, 2.24) is 9.78 Å². The number of aryl methyl sites for hydroxylation is 1. The molecule has 0 aliphatic carbocycles. The average molecular weight is 366 g/mol. The van der Waals surface area contributed by atoms with Crippen molar-refractivity contribution in [3.05, 3.63) is 46.2 Å². The number of nitrogens with zero attached hydrogens (tertiary/aromatic N) is 2. The molecule has 4 rings (SSSR count). The van der Waals surface area contributed by atoms with Gasteiger partial charge in [0.15, 0.2) is 0 Å². The van der Waals surface area contributed by atoms with E-state index in [0.717, 1.165) is 18.4 Å². The van der Waals surface area contributed by atoms with Gasteiger partial charge in [0.1, 0.15) is 0 Å². The maximum absolute atomic E-state index is 12.9. The van der Waals surface area contributed by atoms with Gasteiger partial charge in [0.2, 0.25) is 5.91 Å². The van der Waals surface area contributed by atoms with E-state index in [4.69, 9.17) is 27.9 Å². The molecule has 2 aliphatic heterocycles. The summed E-state index contributed by atoms with van der Waals surface area (Å²) in [5.74, 6) is -0.225. The van der Waals surface area contributed by atoms with Crippen molar-refractivity contribution in [2.45, 2.75) is 31.0 Å². The van der Waals surface area contributed by atoms with Crippen LogP contribution in [0.1, 0.15) is 24.3 Å². The number of carbonyl (C=O) groups is 1. The third-order valence-electron chi connectivity index (χ3n) is 4.87. The molecule has 0 spiro atoms. The van der Waals surface area contributed by atoms with E-state index in [1.54, 1.807) is 22.9 Å². The predicted octanol–water partition coefficient (Wildman–Crippen LogP) is 3.63. The summed E-state index contributed by atoms with van der Waals surface area (Å²) in [5.41, 5.74) is 1.70. The summed E-state index contributed by atoms with van der Waals surface area (Å²) in [4.78, 5) is 12.9. The highest BCUT2D eigenvalue weighted by molar-refractivity contribution is 6.42. The first-order valence-corrected chi connectivity index (χ1v) is 8.68. The van der Waals surface area contributed by atoms with Crippen LogP contribution >= 0.6 is 23.2 Å². The van der Waals surface area contributed by atoms with Crippen molar-refractivity contribution >= 4 is 34.8 Å². The number of hydrogen-bond donors (Lipinski definition) is 1. The van der Waals surface area contributed by atoms with Crippen LogP contribution in [0.3, 0.4) is 0 Å². The molecule has 4 atom stereocenters. The van der Waals surface area contributed by atoms with Crippen molar-refractivity contribution in [2.24, 2.45) is 13.0 Å². The first kappa shape index (κ1) is 15.9. The lowest BCUT2D eigenvalue weighted by atomic mass is 9.76. The standard InChI is InChI=1S/C17H17Cl2N3O2/c1-22-8-9(7-20-22)15-13-4-5-14(24-13)16(15)17(23)21-10-2-3-11(18)12(19)6-10/h2-3,6-8,13-16H,4-5H2,1H3,(H,21,23)/t13-,14+,15-,16-/m0/s1. The van der Waals surface area contributed by atoms with Crippen LogP contribution in [0.15, 0.2) is 30.6 Å². The molecule has 3 heterocycles. The summed E-state index contributed by atoms with van der Waals surface area (Å²) in [6, 6.07) is 5.09. The molecule has 0 unspecified atom stereocenters. The lowest BCUT2D eigenvalue weighted by Crippen LogP contribution is -2.35. The number of fused-ring (bicyclic) bond motifs is 2. The molecule has 0 saturated carbocycles. The minimum Gasteiger partial charge on any atom is -0.373 e. The Morgan fingerprint density at radius 3 is 2.79 bits per heavy atom. The highest BCUT2D eigenvalue weighted by Gasteiger charge is 2.53. The van der Waals surface area contributed by atoms with Gasteiger partial charge in [-0.1, -0.05) is 23.2 Å². The Labute approximate surface area is 149 Å². The largest absolute Gasteiger partial charge is 0.373 e. The number of anilines is 1. The van der Waals surface area contributed by atoms with E-state index in [1.807, 2.05) is 19.4 Å². The fraction of sp³-hybridized carbons (Fsp3) is 0.412. The third kappa shape index (κ3) is 2.70. The Bertz CT molecular complexity index is 792. The van der Waals surface area contributed by atoms with Gasteiger partial charge in [-0.05, 0) is 36.6 Å². The van der Waals surface area contributed by atoms with Gasteiger partial charge in [0.05, 0.1) is 34.4 Å². The van der Waals surface area contributed by atoms with E-state index in [2.05, 4.69) is 10.4 Å². The number of nitrogens with one attached hydrogen (secondary N) is 1. The minimum absolute atomic E-state index is 0.0389. The van der Waals surface area contributed by atoms with Gasteiger partial charge in [0.25, 0.3) is 0 Å². The topological polar surface area (TPSA) is 56.2 Å². The van der Waals surface area contributed by atoms with Gasteiger partial charge in [-0.15, -0.1) is 0 Å². The van der Waals surface area contributed by atoms with Crippen LogP contribution in [-0.2, 0) is 16.6 Å². The summed E-state index contributed by atoms with van der Waals surface area (Å²) >= 11 is 12.0. The molecule has 2 aromatic rings. The molecule has 126 valence electrons. The summed E-state index contributed by atoms with van der Waals surface area (Å²) < 4.78 is 7.78. The van der Waals surface area contributed by atoms with Crippen molar-refractivity contribution in [2.75, 3.05) is 5.32 Å². The molecular formula is C17H17Cl2N3O2. The molecule has 1 amide bonds. The summed E-state index contributed by atoms with van der Waals surface area (Å²) in [7, 11) is 1.88. The van der Waals surface area contributed by atoms with Crippen molar-refractivity contribution in [3.8, 4) is 0 Å². The van der Waals surface area contributed by atoms with E-state index in [-0.39, 0.29) is 30.0 Å². The zero-order chi connectivity index (χ0) is 16.8. The SMILES string of the molecule is Cn1cc([C@@H]2[C@@H](C(=O)Nc3ccc(Cl)c(Cl)c3)[C@H]3CC[C@@H]2O3)cn1. The first-order chi connectivity index (χ1) is 11.5. The zero-order valence-electron chi connectivity index (χ0n) is 13.1. The van der Waals surface area contributed by atoms with Crippen molar-refractivity contribution in [3.63, 3.8) is 0 Å². The van der Waals surface area contributed by atoms with E-state index in [0.29, 0.717) is 15.7 Å². The second-order valence-electron chi connectivity index (χ2n) is 6.41. The van der Waals surface area contributed by atoms with Gasteiger partial charge in [-0.25, -0.2) is 0 Å². The summed E-state index contributed by atoms with van der Waals surface area (Å²) in [5, 5.41) is 8.08. The highest BCUT2D eigenvalue weighted by atomic mass is 35.5. The van der Waals surface area contributed by atoms with Crippen LogP contribution in [0.2, 0.25) is 10.0 Å². The summed E-state index contributed by atoms with van der Waals surface area (Å²) in [6.45, 7) is 0. The maximum atomic E-state index is 12.9. The molecule has 2 fully saturated rings. The Morgan fingerprint density at radius 2 is 2.08 bits per heavy atom. The van der Waals surface area contributed by atoms with Gasteiger partial charge in [0, 0.05) is 24.8 Å². The van der Waals surface area contributed by atoms with Crippen molar-refractivity contribution < 1.29 is 9.53 Å².